The molecule has 4 rings (SSSR count). The van der Waals surface area contributed by atoms with Crippen LogP contribution >= 0.6 is 0 Å². The minimum Gasteiger partial charge on any atom is -0.497 e. The topological polar surface area (TPSA) is 45.7 Å². The van der Waals surface area contributed by atoms with E-state index in [-0.39, 0.29) is 17.2 Å². The number of likely N-dealkylation sites (tertiary alicyclic amines) is 2. The number of piperidine rings is 2. The van der Waals surface area contributed by atoms with Gasteiger partial charge in [0.15, 0.2) is 0 Å². The van der Waals surface area contributed by atoms with Crippen LogP contribution in [-0.4, -0.2) is 54.5 Å². The fourth-order valence-electron chi connectivity index (χ4n) is 4.82. The Balaban J connectivity index is 1.43. The second-order valence-electron chi connectivity index (χ2n) is 8.32. The van der Waals surface area contributed by atoms with Crippen LogP contribution < -0.4 is 4.74 Å². The molecule has 2 aromatic rings. The van der Waals surface area contributed by atoms with Gasteiger partial charge in [-0.05, 0) is 49.4 Å². The van der Waals surface area contributed by atoms with E-state index in [9.17, 15) is 4.79 Å². The van der Waals surface area contributed by atoms with Crippen molar-refractivity contribution in [2.45, 2.75) is 31.7 Å². The van der Waals surface area contributed by atoms with Crippen LogP contribution in [0.1, 0.15) is 36.4 Å². The van der Waals surface area contributed by atoms with Gasteiger partial charge in [0.2, 0.25) is 5.91 Å². The molecule has 2 saturated heterocycles. The highest BCUT2D eigenvalue weighted by Gasteiger charge is 2.44. The molecular formula is C23H29N3O2. The Labute approximate surface area is 167 Å². The summed E-state index contributed by atoms with van der Waals surface area (Å²) in [7, 11) is 3.65. The molecule has 2 aliphatic rings. The predicted octanol–water partition coefficient (Wildman–Crippen LogP) is 3.32. The lowest BCUT2D eigenvalue weighted by Gasteiger charge is -2.49. The van der Waals surface area contributed by atoms with Crippen molar-refractivity contribution >= 4 is 5.91 Å². The lowest BCUT2D eigenvalue weighted by molar-refractivity contribution is -0.139. The fraction of sp³-hybridized carbons (Fsp3) is 0.478. The minimum absolute atomic E-state index is 0.00782. The monoisotopic (exact) mass is 379 g/mol. The summed E-state index contributed by atoms with van der Waals surface area (Å²) in [6.07, 6.45) is 5.02. The Kier molecular flexibility index (Phi) is 5.36. The zero-order valence-corrected chi connectivity index (χ0v) is 16.8. The molecule has 2 fully saturated rings. The Morgan fingerprint density at radius 1 is 1.18 bits per heavy atom. The van der Waals surface area contributed by atoms with Crippen LogP contribution in [0.3, 0.4) is 0 Å². The maximum absolute atomic E-state index is 12.8. The maximum Gasteiger partial charge on any atom is 0.229 e. The van der Waals surface area contributed by atoms with Gasteiger partial charge in [-0.3, -0.25) is 14.7 Å². The molecule has 0 saturated carbocycles. The smallest absolute Gasteiger partial charge is 0.229 e. The normalized spacial score (nSPS) is 22.4. The number of methoxy groups -OCH3 is 1. The molecule has 1 amide bonds. The number of carbonyl (C=O) groups excluding carboxylic acids is 1. The van der Waals surface area contributed by atoms with Gasteiger partial charge in [0.25, 0.3) is 0 Å². The molecule has 0 N–H and O–H groups in total. The zero-order chi connectivity index (χ0) is 19.6. The Hall–Kier alpha value is -2.40. The molecule has 2 aliphatic heterocycles. The van der Waals surface area contributed by atoms with Crippen molar-refractivity contribution in [3.05, 3.63) is 59.9 Å². The third-order valence-electron chi connectivity index (χ3n) is 6.41. The number of amides is 1. The van der Waals surface area contributed by atoms with Crippen LogP contribution in [0.15, 0.2) is 48.7 Å². The van der Waals surface area contributed by atoms with Gasteiger partial charge in [-0.15, -0.1) is 0 Å². The van der Waals surface area contributed by atoms with Gasteiger partial charge >= 0.3 is 0 Å². The van der Waals surface area contributed by atoms with Crippen LogP contribution in [0.5, 0.6) is 5.75 Å². The van der Waals surface area contributed by atoms with E-state index in [0.717, 1.165) is 62.4 Å². The Bertz CT molecular complexity index is 816. The average molecular weight is 380 g/mol. The van der Waals surface area contributed by atoms with E-state index in [0.29, 0.717) is 0 Å². The SMILES string of the molecule is COc1ccnc(CN2CCC3(CC2)CC(c2ccccc2)C(=O)N(C)C3)c1. The Morgan fingerprint density at radius 3 is 2.64 bits per heavy atom. The van der Waals surface area contributed by atoms with Crippen LogP contribution in [0.4, 0.5) is 0 Å². The molecule has 0 radical (unpaired) electrons. The highest BCUT2D eigenvalue weighted by atomic mass is 16.5. The van der Waals surface area contributed by atoms with Gasteiger partial charge in [0.1, 0.15) is 5.75 Å². The molecule has 3 heterocycles. The summed E-state index contributed by atoms with van der Waals surface area (Å²) in [6.45, 7) is 3.81. The summed E-state index contributed by atoms with van der Waals surface area (Å²) in [6, 6.07) is 14.2. The number of nitrogens with zero attached hydrogens (tertiary/aromatic N) is 3. The molecular weight excluding hydrogens is 350 g/mol. The van der Waals surface area contributed by atoms with E-state index in [4.69, 9.17) is 4.74 Å². The third kappa shape index (κ3) is 3.90. The molecule has 1 unspecified atom stereocenters. The zero-order valence-electron chi connectivity index (χ0n) is 16.8. The van der Waals surface area contributed by atoms with Gasteiger partial charge in [-0.25, -0.2) is 0 Å². The first-order valence-electron chi connectivity index (χ1n) is 10.1. The van der Waals surface area contributed by atoms with E-state index in [1.807, 2.05) is 48.5 Å². The van der Waals surface area contributed by atoms with E-state index < -0.39 is 0 Å². The van der Waals surface area contributed by atoms with Gasteiger partial charge in [-0.2, -0.15) is 0 Å². The van der Waals surface area contributed by atoms with Crippen LogP contribution in [0.25, 0.3) is 0 Å². The van der Waals surface area contributed by atoms with Crippen molar-refractivity contribution in [1.29, 1.82) is 0 Å². The first kappa shape index (κ1) is 18.9. The molecule has 1 aromatic carbocycles. The summed E-state index contributed by atoms with van der Waals surface area (Å²) in [5.41, 5.74) is 2.43. The summed E-state index contributed by atoms with van der Waals surface area (Å²) >= 11 is 0. The van der Waals surface area contributed by atoms with Gasteiger partial charge in [-0.1, -0.05) is 30.3 Å². The van der Waals surface area contributed by atoms with Crippen LogP contribution in [0.2, 0.25) is 0 Å². The number of hydrogen-bond donors (Lipinski definition) is 0. The highest BCUT2D eigenvalue weighted by molar-refractivity contribution is 5.84. The predicted molar refractivity (Wildman–Crippen MR) is 109 cm³/mol. The standard InChI is InChI=1S/C23H29N3O2/c1-25-17-23(15-21(22(25)27)18-6-4-3-5-7-18)9-12-26(13-10-23)16-19-14-20(28-2)8-11-24-19/h3-8,11,14,21H,9-10,12-13,15-17H2,1-2H3. The van der Waals surface area contributed by atoms with E-state index >= 15 is 0 Å². The summed E-state index contributed by atoms with van der Waals surface area (Å²) < 4.78 is 5.31. The van der Waals surface area contributed by atoms with Gasteiger partial charge in [0.05, 0.1) is 18.7 Å². The molecule has 5 nitrogen and oxygen atoms in total. The third-order valence-corrected chi connectivity index (χ3v) is 6.41. The average Bonchev–Trinajstić information content (AvgIpc) is 2.73. The van der Waals surface area contributed by atoms with Crippen molar-refractivity contribution in [3.8, 4) is 5.75 Å². The van der Waals surface area contributed by atoms with Crippen LogP contribution in [0, 0.1) is 5.41 Å². The van der Waals surface area contributed by atoms with E-state index in [1.54, 1.807) is 7.11 Å². The molecule has 0 bridgehead atoms. The quantitative estimate of drug-likeness (QED) is 0.818. The van der Waals surface area contributed by atoms with E-state index in [1.165, 1.54) is 0 Å². The first-order chi connectivity index (χ1) is 13.6. The number of benzene rings is 1. The molecule has 28 heavy (non-hydrogen) atoms. The highest BCUT2D eigenvalue weighted by Crippen LogP contribution is 2.45. The van der Waals surface area contributed by atoms with Crippen molar-refractivity contribution in [1.82, 2.24) is 14.8 Å². The molecule has 0 aliphatic carbocycles. The van der Waals surface area contributed by atoms with Gasteiger partial charge in [0, 0.05) is 32.4 Å². The summed E-state index contributed by atoms with van der Waals surface area (Å²) in [5, 5.41) is 0. The number of ether oxygens (including phenoxy) is 1. The lowest BCUT2D eigenvalue weighted by Crippen LogP contribution is -2.52. The Morgan fingerprint density at radius 2 is 1.93 bits per heavy atom. The second kappa shape index (κ2) is 7.92. The first-order valence-corrected chi connectivity index (χ1v) is 10.1. The summed E-state index contributed by atoms with van der Waals surface area (Å²) in [5.74, 6) is 1.11. The molecule has 5 heteroatoms. The number of rotatable bonds is 4. The number of hydrogen-bond acceptors (Lipinski definition) is 4. The van der Waals surface area contributed by atoms with Gasteiger partial charge < -0.3 is 9.64 Å². The lowest BCUT2D eigenvalue weighted by atomic mass is 9.67. The second-order valence-corrected chi connectivity index (χ2v) is 8.32. The number of carbonyl (C=O) groups is 1. The maximum atomic E-state index is 12.8. The van der Waals surface area contributed by atoms with Crippen LogP contribution in [-0.2, 0) is 11.3 Å². The number of likely N-dealkylation sites (N-methyl/N-ethyl adjacent to an activating group) is 1. The fourth-order valence-corrected chi connectivity index (χ4v) is 4.82. The van der Waals surface area contributed by atoms with Crippen molar-refractivity contribution < 1.29 is 9.53 Å². The molecule has 1 aromatic heterocycles. The number of pyridine rings is 1. The largest absolute Gasteiger partial charge is 0.497 e. The number of aromatic nitrogens is 1. The van der Waals surface area contributed by atoms with Crippen molar-refractivity contribution in [3.63, 3.8) is 0 Å². The molecule has 1 atom stereocenters. The molecule has 148 valence electrons. The minimum atomic E-state index is -0.00782. The molecule has 1 spiro atoms. The summed E-state index contributed by atoms with van der Waals surface area (Å²) in [4.78, 5) is 21.7. The van der Waals surface area contributed by atoms with Crippen molar-refractivity contribution in [2.75, 3.05) is 33.8 Å². The van der Waals surface area contributed by atoms with E-state index in [2.05, 4.69) is 22.0 Å². The van der Waals surface area contributed by atoms with Crippen molar-refractivity contribution in [2.24, 2.45) is 5.41 Å².